The van der Waals surface area contributed by atoms with Gasteiger partial charge >= 0.3 is 12.2 Å². The first kappa shape index (κ1) is 42.4. The summed E-state index contributed by atoms with van der Waals surface area (Å²) >= 11 is 0. The predicted molar refractivity (Wildman–Crippen MR) is 215 cm³/mol. The first-order chi connectivity index (χ1) is 28.5. The summed E-state index contributed by atoms with van der Waals surface area (Å²) < 4.78 is 66.1. The van der Waals surface area contributed by atoms with E-state index in [0.717, 1.165) is 0 Å². The number of H-pyrrole nitrogens is 2. The van der Waals surface area contributed by atoms with Crippen molar-refractivity contribution in [2.45, 2.75) is 97.1 Å². The number of carbonyl (C=O) groups excluding carboxylic acids is 4. The highest BCUT2D eigenvalue weighted by Gasteiger charge is 2.42. The van der Waals surface area contributed by atoms with E-state index in [1.807, 2.05) is 27.7 Å². The Kier molecular flexibility index (Phi) is 11.6. The summed E-state index contributed by atoms with van der Waals surface area (Å²) in [4.78, 5) is 68.5. The van der Waals surface area contributed by atoms with Gasteiger partial charge in [-0.1, -0.05) is 39.8 Å². The molecule has 7 rings (SSSR count). The third-order valence-corrected chi connectivity index (χ3v) is 15.3. The number of aromatic amines is 2. The third-order valence-electron chi connectivity index (χ3n) is 11.3. The van der Waals surface area contributed by atoms with Gasteiger partial charge in [0.05, 0.1) is 69.7 Å². The Bertz CT molecular complexity index is 2390. The predicted octanol–water partition coefficient (Wildman–Crippen LogP) is 4.53. The number of hydrogen-bond donors (Lipinski definition) is 4. The number of likely N-dealkylation sites (tertiary alicyclic amines) is 2. The summed E-state index contributed by atoms with van der Waals surface area (Å²) in [6.07, 6.45) is 4.19. The summed E-state index contributed by atoms with van der Waals surface area (Å²) in [5, 5.41) is 5.23. The number of rotatable bonds is 10. The highest BCUT2D eigenvalue weighted by atomic mass is 32.2. The topological polar surface area (TPSA) is 243 Å². The van der Waals surface area contributed by atoms with Crippen LogP contribution in [0.4, 0.5) is 9.59 Å². The maximum Gasteiger partial charge on any atom is 0.407 e. The smallest absolute Gasteiger partial charge is 0.407 e. The number of ether oxygens (including phenoxy) is 2. The molecule has 0 spiro atoms. The van der Waals surface area contributed by atoms with Gasteiger partial charge in [0.15, 0.2) is 0 Å². The number of imidazole rings is 2. The Morgan fingerprint density at radius 3 is 1.38 bits per heavy atom. The molecule has 5 heterocycles. The fourth-order valence-electron chi connectivity index (χ4n) is 8.14. The summed E-state index contributed by atoms with van der Waals surface area (Å²) in [6.45, 7) is 8.17. The number of methoxy groups -OCH3 is 2. The van der Waals surface area contributed by atoms with Crippen LogP contribution < -0.4 is 10.6 Å². The Balaban J connectivity index is 1.13. The number of alkyl carbamates (subject to hydrolysis) is 2. The zero-order valence-corrected chi connectivity index (χ0v) is 35.6. The number of fused-ring (bicyclic) bond motifs is 2. The number of carbonyl (C=O) groups is 4. The molecule has 60 heavy (non-hydrogen) atoms. The first-order valence-corrected chi connectivity index (χ1v) is 22.6. The molecular formula is C40H48N8O10S2. The third kappa shape index (κ3) is 7.61. The van der Waals surface area contributed by atoms with E-state index in [0.29, 0.717) is 72.9 Å². The van der Waals surface area contributed by atoms with Gasteiger partial charge in [0.1, 0.15) is 23.7 Å². The van der Waals surface area contributed by atoms with Crippen LogP contribution in [0.25, 0.3) is 22.5 Å². The van der Waals surface area contributed by atoms with E-state index < -0.39 is 56.0 Å². The summed E-state index contributed by atoms with van der Waals surface area (Å²) in [5.41, 5.74) is 1.59. The van der Waals surface area contributed by atoms with Crippen LogP contribution in [0.2, 0.25) is 0 Å². The van der Waals surface area contributed by atoms with E-state index in [1.54, 1.807) is 9.80 Å². The van der Waals surface area contributed by atoms with Gasteiger partial charge in [0.25, 0.3) is 0 Å². The minimum atomic E-state index is -4.33. The second kappa shape index (κ2) is 16.4. The summed E-state index contributed by atoms with van der Waals surface area (Å²) in [7, 11) is -6.21. The summed E-state index contributed by atoms with van der Waals surface area (Å²) in [6, 6.07) is 5.65. The highest BCUT2D eigenvalue weighted by Crippen LogP contribution is 2.44. The van der Waals surface area contributed by atoms with E-state index in [9.17, 15) is 36.0 Å². The van der Waals surface area contributed by atoms with Crippen LogP contribution in [-0.2, 0) is 38.7 Å². The molecule has 4 aromatic rings. The molecule has 2 aromatic heterocycles. The molecule has 4 N–H and O–H groups in total. The van der Waals surface area contributed by atoms with Crippen molar-refractivity contribution in [2.24, 2.45) is 11.8 Å². The van der Waals surface area contributed by atoms with Crippen molar-refractivity contribution in [1.82, 2.24) is 40.4 Å². The molecule has 2 fully saturated rings. The Morgan fingerprint density at radius 1 is 0.650 bits per heavy atom. The average Bonchev–Trinajstić information content (AvgIpc) is 4.07. The molecule has 20 heteroatoms. The lowest BCUT2D eigenvalue weighted by Crippen LogP contribution is -2.51. The Hall–Kier alpha value is -5.76. The van der Waals surface area contributed by atoms with E-state index in [4.69, 9.17) is 9.47 Å². The fraction of sp³-hybridized carbons (Fsp3) is 0.450. The first-order valence-electron chi connectivity index (χ1n) is 19.7. The minimum absolute atomic E-state index is 0.219. The number of amides is 4. The zero-order valence-electron chi connectivity index (χ0n) is 34.0. The largest absolute Gasteiger partial charge is 0.453 e. The van der Waals surface area contributed by atoms with Crippen LogP contribution in [0.3, 0.4) is 0 Å². The molecule has 4 amide bonds. The second-order valence-corrected chi connectivity index (χ2v) is 19.6. The van der Waals surface area contributed by atoms with Crippen LogP contribution >= 0.6 is 0 Å². The van der Waals surface area contributed by atoms with E-state index in [1.165, 1.54) is 63.0 Å². The average molecular weight is 865 g/mol. The lowest BCUT2D eigenvalue weighted by Gasteiger charge is -2.30. The molecule has 0 aliphatic carbocycles. The molecule has 3 aliphatic heterocycles. The van der Waals surface area contributed by atoms with Gasteiger partial charge in [0.2, 0.25) is 31.5 Å². The number of sulfone groups is 2. The van der Waals surface area contributed by atoms with Crippen molar-refractivity contribution in [1.29, 1.82) is 0 Å². The van der Waals surface area contributed by atoms with Gasteiger partial charge in [-0.15, -0.1) is 0 Å². The van der Waals surface area contributed by atoms with Crippen LogP contribution in [-0.4, -0.2) is 110 Å². The van der Waals surface area contributed by atoms with Gasteiger partial charge in [-0.3, -0.25) is 9.59 Å². The molecule has 0 saturated carbocycles. The molecule has 0 bridgehead atoms. The molecule has 1 unspecified atom stereocenters. The van der Waals surface area contributed by atoms with Crippen LogP contribution in [0.1, 0.15) is 77.1 Å². The van der Waals surface area contributed by atoms with Crippen LogP contribution in [0.5, 0.6) is 0 Å². The number of aromatic nitrogens is 4. The molecule has 2 saturated heterocycles. The lowest BCUT2D eigenvalue weighted by molar-refractivity contribution is -0.136. The Labute approximate surface area is 347 Å². The van der Waals surface area contributed by atoms with E-state index >= 15 is 0 Å². The molecule has 4 atom stereocenters. The van der Waals surface area contributed by atoms with Gasteiger partial charge in [-0.2, -0.15) is 0 Å². The lowest BCUT2D eigenvalue weighted by atomic mass is 10.0. The molecule has 320 valence electrons. The molecule has 2 aromatic carbocycles. The SMILES string of the molecule is COC(=O)NC(C(=O)N1CCC[C@H]1c1ncc(-c2ccc3c(c2)S(=O)(=O)c2ccc(-c4cnc([C@@H]5CCCN5C(=O)[C@@H](NC(=O)OC)C(C)C)[nH]4)cc2S3(=O)=O)[nH]1)C(C)C. The van der Waals surface area contributed by atoms with Crippen LogP contribution in [0, 0.1) is 11.8 Å². The number of nitrogens with zero attached hydrogens (tertiary/aromatic N) is 4. The van der Waals surface area contributed by atoms with E-state index in [2.05, 4.69) is 30.6 Å². The molecule has 18 nitrogen and oxygen atoms in total. The number of nitrogens with one attached hydrogen (secondary N) is 4. The second-order valence-electron chi connectivity index (χ2n) is 15.8. The van der Waals surface area contributed by atoms with Crippen molar-refractivity contribution in [2.75, 3.05) is 27.3 Å². The van der Waals surface area contributed by atoms with Crippen molar-refractivity contribution >= 4 is 43.7 Å². The highest BCUT2D eigenvalue weighted by molar-refractivity contribution is 7.97. The maximum absolute atomic E-state index is 14.2. The standard InChI is InChI=1S/C40H48N8O10S2/c1-21(2)33(45-39(51)57-5)37(49)47-15-7-9-27(47)35-41-19-25(43-35)23-11-13-29-31(17-23)59(53,54)30-14-12-24(18-32(30)60(29,55)56)26-20-42-36(44-26)28-10-8-16-48(28)38(50)34(22(3)4)46-40(52)58-6/h11-14,17-22,27-28,33-34H,7-10,15-16H2,1-6H3,(H,41,43)(H,42,44)(H,45,51)(H,46,52)/t27-,28-,33-,34?/m0/s1. The van der Waals surface area contributed by atoms with Crippen molar-refractivity contribution < 1.29 is 45.5 Å². The molecular weight excluding hydrogens is 817 g/mol. The molecule has 0 radical (unpaired) electrons. The number of benzene rings is 2. The molecule has 3 aliphatic rings. The van der Waals surface area contributed by atoms with E-state index in [-0.39, 0.29) is 43.2 Å². The minimum Gasteiger partial charge on any atom is -0.453 e. The van der Waals surface area contributed by atoms with Crippen molar-refractivity contribution in [3.8, 4) is 22.5 Å². The fourth-order valence-corrected chi connectivity index (χ4v) is 12.3. The number of hydrogen-bond acceptors (Lipinski definition) is 12. The monoisotopic (exact) mass is 864 g/mol. The van der Waals surface area contributed by atoms with Gasteiger partial charge in [0, 0.05) is 24.2 Å². The Morgan fingerprint density at radius 2 is 1.03 bits per heavy atom. The van der Waals surface area contributed by atoms with Gasteiger partial charge in [-0.05, 0) is 61.8 Å². The quantitative estimate of drug-likeness (QED) is 0.151. The van der Waals surface area contributed by atoms with Crippen molar-refractivity contribution in [3.05, 3.63) is 60.4 Å². The van der Waals surface area contributed by atoms with Crippen molar-refractivity contribution in [3.63, 3.8) is 0 Å². The maximum atomic E-state index is 14.2. The normalized spacial score (nSPS) is 20.0. The zero-order chi connectivity index (χ0) is 43.3. The van der Waals surface area contributed by atoms with Gasteiger partial charge < -0.3 is 39.9 Å². The summed E-state index contributed by atoms with van der Waals surface area (Å²) in [5.74, 6) is -0.0748. The van der Waals surface area contributed by atoms with Crippen LogP contribution in [0.15, 0.2) is 68.4 Å². The van der Waals surface area contributed by atoms with Gasteiger partial charge in [-0.25, -0.2) is 36.4 Å².